The Morgan fingerprint density at radius 2 is 0.900 bits per heavy atom. The van der Waals surface area contributed by atoms with Gasteiger partial charge in [0.25, 0.3) is 0 Å². The van der Waals surface area contributed by atoms with Crippen molar-refractivity contribution in [3.05, 3.63) is 106 Å². The van der Waals surface area contributed by atoms with E-state index >= 15 is 0 Å². The first-order valence-electron chi connectivity index (χ1n) is 11.2. The van der Waals surface area contributed by atoms with E-state index in [1.54, 1.807) is 11.1 Å². The van der Waals surface area contributed by atoms with Crippen molar-refractivity contribution in [1.29, 1.82) is 0 Å². The summed E-state index contributed by atoms with van der Waals surface area (Å²) in [5.74, 6) is 2.05. The van der Waals surface area contributed by atoms with E-state index in [9.17, 15) is 0 Å². The smallest absolute Gasteiger partial charge is 0.0118 e. The van der Waals surface area contributed by atoms with Crippen LogP contribution in [0.4, 0.5) is 0 Å². The third-order valence-electron chi connectivity index (χ3n) is 5.61. The molecule has 0 aromatic heterocycles. The molecule has 2 aliphatic carbocycles. The van der Waals surface area contributed by atoms with E-state index in [0.717, 1.165) is 12.3 Å². The van der Waals surface area contributed by atoms with Crippen molar-refractivity contribution < 1.29 is 0 Å². The van der Waals surface area contributed by atoms with Gasteiger partial charge in [-0.2, -0.15) is 0 Å². The second-order valence-electron chi connectivity index (χ2n) is 9.30. The van der Waals surface area contributed by atoms with Gasteiger partial charge in [-0.1, -0.05) is 115 Å². The molecule has 3 aromatic carbocycles. The monoisotopic (exact) mass is 400 g/mol. The van der Waals surface area contributed by atoms with Crippen LogP contribution in [0.1, 0.15) is 81.3 Å². The van der Waals surface area contributed by atoms with Crippen LogP contribution in [0.2, 0.25) is 0 Å². The summed E-state index contributed by atoms with van der Waals surface area (Å²) in [5, 5.41) is 0. The van der Waals surface area contributed by atoms with E-state index in [1.807, 2.05) is 0 Å². The van der Waals surface area contributed by atoms with Crippen LogP contribution < -0.4 is 0 Å². The maximum atomic E-state index is 2.32. The van der Waals surface area contributed by atoms with Crippen molar-refractivity contribution in [1.82, 2.24) is 0 Å². The van der Waals surface area contributed by atoms with E-state index in [0.29, 0.717) is 11.8 Å². The first-order valence-corrected chi connectivity index (χ1v) is 11.2. The van der Waals surface area contributed by atoms with Crippen molar-refractivity contribution in [3.63, 3.8) is 0 Å². The average molecular weight is 401 g/mol. The lowest BCUT2D eigenvalue weighted by molar-refractivity contribution is 0.549. The number of hydrogen-bond donors (Lipinski definition) is 0. The Bertz CT molecular complexity index is 845. The molecule has 0 N–H and O–H groups in total. The number of hydrogen-bond acceptors (Lipinski definition) is 0. The highest BCUT2D eigenvalue weighted by Gasteiger charge is 2.26. The van der Waals surface area contributed by atoms with Gasteiger partial charge in [0.1, 0.15) is 0 Å². The van der Waals surface area contributed by atoms with Gasteiger partial charge in [0.15, 0.2) is 0 Å². The molecule has 0 radical (unpaired) electrons. The fourth-order valence-electron chi connectivity index (χ4n) is 4.23. The summed E-state index contributed by atoms with van der Waals surface area (Å²) in [6.45, 7) is 11.1. The lowest BCUT2D eigenvalue weighted by Gasteiger charge is -2.31. The van der Waals surface area contributed by atoms with Gasteiger partial charge in [0, 0.05) is 5.92 Å². The second kappa shape index (κ2) is 11.2. The highest BCUT2D eigenvalue weighted by Crippen LogP contribution is 2.40. The van der Waals surface area contributed by atoms with Crippen LogP contribution >= 0.6 is 0 Å². The summed E-state index contributed by atoms with van der Waals surface area (Å²) in [4.78, 5) is 0. The van der Waals surface area contributed by atoms with E-state index in [1.165, 1.54) is 35.1 Å². The average Bonchev–Trinajstić information content (AvgIpc) is 2.67. The van der Waals surface area contributed by atoms with E-state index < -0.39 is 0 Å². The minimum atomic E-state index is 0. The van der Waals surface area contributed by atoms with Crippen LogP contribution in [0.15, 0.2) is 72.8 Å². The SMILES string of the molecule is C.CC(C)C.CC(C)C1c2ccccc2Cc2ccccc21.c1ccc2c(c1)CC2. The van der Waals surface area contributed by atoms with Gasteiger partial charge in [0.2, 0.25) is 0 Å². The Labute approximate surface area is 185 Å². The minimum absolute atomic E-state index is 0. The fraction of sp³-hybridized carbons (Fsp3) is 0.400. The number of fused-ring (bicyclic) bond motifs is 3. The van der Waals surface area contributed by atoms with Gasteiger partial charge in [-0.25, -0.2) is 0 Å². The Morgan fingerprint density at radius 1 is 0.567 bits per heavy atom. The zero-order valence-corrected chi connectivity index (χ0v) is 18.8. The molecular formula is C30H40. The van der Waals surface area contributed by atoms with Crippen LogP contribution in [0.5, 0.6) is 0 Å². The molecule has 160 valence electrons. The predicted octanol–water partition coefficient (Wildman–Crippen LogP) is 8.46. The normalized spacial score (nSPS) is 13.3. The molecule has 0 spiro atoms. The standard InChI is InChI=1S/C17H18.C8H8.C4H10.CH4/c1-12(2)17-15-9-5-3-7-13(15)11-14-8-4-6-10-16(14)17;1-2-4-8-6-5-7(8)3-1;1-4(2)3;/h3-10,12,17H,11H2,1-2H3;1-4H,5-6H2;4H,1-3H3;1H4. The summed E-state index contributed by atoms with van der Waals surface area (Å²) < 4.78 is 0. The third-order valence-corrected chi connectivity index (χ3v) is 5.61. The van der Waals surface area contributed by atoms with E-state index in [4.69, 9.17) is 0 Å². The van der Waals surface area contributed by atoms with Crippen LogP contribution in [0.25, 0.3) is 0 Å². The molecule has 0 nitrogen and oxygen atoms in total. The van der Waals surface area contributed by atoms with Crippen molar-refractivity contribution in [2.24, 2.45) is 11.8 Å². The molecule has 0 atom stereocenters. The number of aryl methyl sites for hydroxylation is 2. The lowest BCUT2D eigenvalue weighted by atomic mass is 9.73. The van der Waals surface area contributed by atoms with Crippen molar-refractivity contribution in [2.45, 2.75) is 67.2 Å². The van der Waals surface area contributed by atoms with Crippen molar-refractivity contribution in [2.75, 3.05) is 0 Å². The van der Waals surface area contributed by atoms with Crippen LogP contribution in [-0.4, -0.2) is 0 Å². The van der Waals surface area contributed by atoms with Crippen LogP contribution in [0.3, 0.4) is 0 Å². The van der Waals surface area contributed by atoms with Crippen molar-refractivity contribution >= 4 is 0 Å². The van der Waals surface area contributed by atoms with Gasteiger partial charge in [-0.15, -0.1) is 0 Å². The summed E-state index contributed by atoms with van der Waals surface area (Å²) in [5.41, 5.74) is 9.16. The van der Waals surface area contributed by atoms with Gasteiger partial charge in [-0.05, 0) is 64.5 Å². The largest absolute Gasteiger partial charge is 0.0776 e. The molecule has 3 aromatic rings. The first-order chi connectivity index (χ1) is 14.0. The highest BCUT2D eigenvalue weighted by atomic mass is 14.3. The topological polar surface area (TPSA) is 0 Å². The Morgan fingerprint density at radius 3 is 1.20 bits per heavy atom. The highest BCUT2D eigenvalue weighted by molar-refractivity contribution is 5.49. The molecule has 0 saturated heterocycles. The molecular weight excluding hydrogens is 360 g/mol. The molecule has 0 fully saturated rings. The first kappa shape index (κ1) is 23.9. The quantitative estimate of drug-likeness (QED) is 0.384. The number of benzene rings is 3. The Hall–Kier alpha value is -2.34. The van der Waals surface area contributed by atoms with Crippen LogP contribution in [-0.2, 0) is 19.3 Å². The Kier molecular flexibility index (Phi) is 8.90. The third kappa shape index (κ3) is 5.85. The second-order valence-corrected chi connectivity index (χ2v) is 9.30. The molecule has 2 aliphatic rings. The van der Waals surface area contributed by atoms with Gasteiger partial charge >= 0.3 is 0 Å². The van der Waals surface area contributed by atoms with Gasteiger partial charge < -0.3 is 0 Å². The Balaban J connectivity index is 0.000000205. The van der Waals surface area contributed by atoms with Gasteiger partial charge in [-0.3, -0.25) is 0 Å². The minimum Gasteiger partial charge on any atom is -0.0776 e. The molecule has 0 aliphatic heterocycles. The van der Waals surface area contributed by atoms with E-state index in [2.05, 4.69) is 107 Å². The molecule has 0 bridgehead atoms. The lowest BCUT2D eigenvalue weighted by Crippen LogP contribution is -2.17. The fourth-order valence-corrected chi connectivity index (χ4v) is 4.23. The number of rotatable bonds is 1. The molecule has 0 unspecified atom stereocenters. The van der Waals surface area contributed by atoms with E-state index in [-0.39, 0.29) is 7.43 Å². The maximum Gasteiger partial charge on any atom is 0.0118 e. The molecule has 30 heavy (non-hydrogen) atoms. The van der Waals surface area contributed by atoms with Crippen molar-refractivity contribution in [3.8, 4) is 0 Å². The maximum absolute atomic E-state index is 2.32. The molecule has 0 heterocycles. The predicted molar refractivity (Wildman–Crippen MR) is 133 cm³/mol. The summed E-state index contributed by atoms with van der Waals surface area (Å²) in [6, 6.07) is 26.4. The molecule has 5 rings (SSSR count). The zero-order valence-electron chi connectivity index (χ0n) is 18.8. The zero-order chi connectivity index (χ0) is 20.8. The summed E-state index contributed by atoms with van der Waals surface area (Å²) >= 11 is 0. The summed E-state index contributed by atoms with van der Waals surface area (Å²) in [7, 11) is 0. The van der Waals surface area contributed by atoms with Crippen LogP contribution in [0, 0.1) is 11.8 Å². The molecule has 0 amide bonds. The molecule has 0 saturated carbocycles. The molecule has 0 heteroatoms. The summed E-state index contributed by atoms with van der Waals surface area (Å²) in [6.07, 6.45) is 3.70. The van der Waals surface area contributed by atoms with Gasteiger partial charge in [0.05, 0.1) is 0 Å².